The summed E-state index contributed by atoms with van der Waals surface area (Å²) in [4.78, 5) is 10.7. The van der Waals surface area contributed by atoms with Crippen LogP contribution in [0.15, 0.2) is 42.5 Å². The molecule has 1 aliphatic heterocycles. The summed E-state index contributed by atoms with van der Waals surface area (Å²) in [6, 6.07) is 14.5. The van der Waals surface area contributed by atoms with Crippen molar-refractivity contribution in [1.82, 2.24) is 14.9 Å². The molecule has 0 aliphatic carbocycles. The van der Waals surface area contributed by atoms with E-state index in [1.807, 2.05) is 30.3 Å². The van der Waals surface area contributed by atoms with Crippen LogP contribution in [0.25, 0.3) is 11.0 Å². The number of para-hydroxylation sites is 1. The minimum absolute atomic E-state index is 0.382. The number of thiocarbonyl (C=S) groups is 1. The van der Waals surface area contributed by atoms with Gasteiger partial charge in [0.1, 0.15) is 5.82 Å². The predicted octanol–water partition coefficient (Wildman–Crippen LogP) is 4.76. The van der Waals surface area contributed by atoms with Crippen molar-refractivity contribution in [3.8, 4) is 0 Å². The van der Waals surface area contributed by atoms with Crippen molar-refractivity contribution in [3.05, 3.63) is 59.4 Å². The Labute approximate surface area is 159 Å². The van der Waals surface area contributed by atoms with Crippen LogP contribution in [0.5, 0.6) is 0 Å². The number of aryl methyl sites for hydroxylation is 2. The topological polar surface area (TPSA) is 44.0 Å². The third-order valence-electron chi connectivity index (χ3n) is 5.24. The Hall–Kier alpha value is -2.40. The van der Waals surface area contributed by atoms with Crippen LogP contribution in [-0.4, -0.2) is 33.1 Å². The Balaban J connectivity index is 1.50. The van der Waals surface area contributed by atoms with Crippen LogP contribution in [0.1, 0.15) is 35.7 Å². The Bertz CT molecular complexity index is 893. The van der Waals surface area contributed by atoms with Crippen molar-refractivity contribution in [3.63, 3.8) is 0 Å². The van der Waals surface area contributed by atoms with Crippen molar-refractivity contribution >= 4 is 34.1 Å². The van der Waals surface area contributed by atoms with Gasteiger partial charge in [-0.25, -0.2) is 4.98 Å². The molecule has 4 rings (SSSR count). The van der Waals surface area contributed by atoms with Crippen molar-refractivity contribution in [1.29, 1.82) is 0 Å². The van der Waals surface area contributed by atoms with Crippen LogP contribution in [0, 0.1) is 13.8 Å². The van der Waals surface area contributed by atoms with E-state index in [0.717, 1.165) is 53.6 Å². The second-order valence-corrected chi connectivity index (χ2v) is 7.54. The van der Waals surface area contributed by atoms with Crippen molar-refractivity contribution in [2.45, 2.75) is 32.6 Å². The summed E-state index contributed by atoms with van der Waals surface area (Å²) >= 11 is 5.64. The van der Waals surface area contributed by atoms with Crippen LogP contribution in [0.2, 0.25) is 0 Å². The lowest BCUT2D eigenvalue weighted by atomic mass is 9.98. The maximum Gasteiger partial charge on any atom is 0.173 e. The Kier molecular flexibility index (Phi) is 4.64. The number of benzene rings is 2. The van der Waals surface area contributed by atoms with Gasteiger partial charge in [-0.05, 0) is 74.3 Å². The molecular formula is C21H24N4S. The summed E-state index contributed by atoms with van der Waals surface area (Å²) in [6.45, 7) is 6.18. The highest BCUT2D eigenvalue weighted by molar-refractivity contribution is 7.80. The van der Waals surface area contributed by atoms with Crippen LogP contribution in [-0.2, 0) is 0 Å². The number of nitrogens with zero attached hydrogens (tertiary/aromatic N) is 2. The van der Waals surface area contributed by atoms with E-state index in [1.54, 1.807) is 0 Å². The lowest BCUT2D eigenvalue weighted by Crippen LogP contribution is -2.41. The number of H-pyrrole nitrogens is 1. The van der Waals surface area contributed by atoms with Gasteiger partial charge in [-0.3, -0.25) is 0 Å². The molecule has 26 heavy (non-hydrogen) atoms. The molecule has 0 radical (unpaired) electrons. The minimum Gasteiger partial charge on any atom is -0.348 e. The molecule has 0 unspecified atom stereocenters. The highest BCUT2D eigenvalue weighted by Crippen LogP contribution is 2.28. The number of nitrogens with one attached hydrogen (secondary N) is 2. The van der Waals surface area contributed by atoms with Crippen LogP contribution in [0.4, 0.5) is 5.69 Å². The molecule has 3 aromatic rings. The molecule has 2 heterocycles. The molecule has 5 heteroatoms. The first kappa shape index (κ1) is 17.0. The molecule has 1 saturated heterocycles. The number of aromatic amines is 1. The first-order valence-corrected chi connectivity index (χ1v) is 9.59. The number of imidazole rings is 1. The maximum atomic E-state index is 5.64. The third-order valence-corrected chi connectivity index (χ3v) is 5.60. The quantitative estimate of drug-likeness (QED) is 0.644. The molecule has 1 aromatic heterocycles. The van der Waals surface area contributed by atoms with E-state index in [-0.39, 0.29) is 0 Å². The van der Waals surface area contributed by atoms with E-state index in [0.29, 0.717) is 5.92 Å². The molecule has 0 saturated carbocycles. The van der Waals surface area contributed by atoms with Crippen LogP contribution in [0.3, 0.4) is 0 Å². The summed E-state index contributed by atoms with van der Waals surface area (Å²) in [6.07, 6.45) is 2.26. The highest BCUT2D eigenvalue weighted by atomic mass is 32.1. The third kappa shape index (κ3) is 3.44. The Morgan fingerprint density at radius 2 is 1.96 bits per heavy atom. The van der Waals surface area contributed by atoms with Gasteiger partial charge in [0.2, 0.25) is 0 Å². The van der Waals surface area contributed by atoms with Crippen molar-refractivity contribution in [2.24, 2.45) is 0 Å². The van der Waals surface area contributed by atoms with Gasteiger partial charge in [-0.2, -0.15) is 0 Å². The van der Waals surface area contributed by atoms with Gasteiger partial charge in [0.15, 0.2) is 5.11 Å². The van der Waals surface area contributed by atoms with Gasteiger partial charge >= 0.3 is 0 Å². The smallest absolute Gasteiger partial charge is 0.173 e. The number of hydrogen-bond acceptors (Lipinski definition) is 2. The molecule has 4 nitrogen and oxygen atoms in total. The first-order chi connectivity index (χ1) is 12.6. The molecule has 0 spiro atoms. The van der Waals surface area contributed by atoms with E-state index in [1.165, 1.54) is 11.1 Å². The largest absolute Gasteiger partial charge is 0.348 e. The maximum absolute atomic E-state index is 5.64. The molecule has 0 bridgehead atoms. The fourth-order valence-electron chi connectivity index (χ4n) is 3.59. The number of likely N-dealkylation sites (tertiary alicyclic amines) is 1. The fraction of sp³-hybridized carbons (Fsp3) is 0.333. The molecule has 1 fully saturated rings. The van der Waals surface area contributed by atoms with Gasteiger partial charge in [0.25, 0.3) is 0 Å². The summed E-state index contributed by atoms with van der Waals surface area (Å²) in [7, 11) is 0. The molecular weight excluding hydrogens is 340 g/mol. The van der Waals surface area contributed by atoms with Gasteiger partial charge in [0.05, 0.1) is 11.0 Å². The van der Waals surface area contributed by atoms with Gasteiger partial charge in [-0.15, -0.1) is 0 Å². The molecule has 2 aromatic carbocycles. The SMILES string of the molecule is Cc1cc2nc([C@H]3CCCN(C(=S)Nc4ccccc4)C3)[nH]c2cc1C. The van der Waals surface area contributed by atoms with Crippen molar-refractivity contribution < 1.29 is 0 Å². The van der Waals surface area contributed by atoms with Gasteiger partial charge in [-0.1, -0.05) is 18.2 Å². The average Bonchev–Trinajstić information content (AvgIpc) is 3.06. The van der Waals surface area contributed by atoms with Crippen molar-refractivity contribution in [2.75, 3.05) is 18.4 Å². The van der Waals surface area contributed by atoms with E-state index in [4.69, 9.17) is 17.2 Å². The molecule has 1 aliphatic rings. The second-order valence-electron chi connectivity index (χ2n) is 7.16. The molecule has 134 valence electrons. The number of fused-ring (bicyclic) bond motifs is 1. The zero-order valence-electron chi connectivity index (χ0n) is 15.2. The lowest BCUT2D eigenvalue weighted by Gasteiger charge is -2.33. The first-order valence-electron chi connectivity index (χ1n) is 9.18. The average molecular weight is 365 g/mol. The van der Waals surface area contributed by atoms with E-state index in [9.17, 15) is 0 Å². The monoisotopic (exact) mass is 364 g/mol. The van der Waals surface area contributed by atoms with Crippen LogP contribution < -0.4 is 5.32 Å². The number of rotatable bonds is 2. The van der Waals surface area contributed by atoms with Gasteiger partial charge < -0.3 is 15.2 Å². The zero-order valence-corrected chi connectivity index (χ0v) is 16.1. The predicted molar refractivity (Wildman–Crippen MR) is 112 cm³/mol. The summed E-state index contributed by atoms with van der Waals surface area (Å²) < 4.78 is 0. The molecule has 2 N–H and O–H groups in total. The number of anilines is 1. The van der Waals surface area contributed by atoms with E-state index < -0.39 is 0 Å². The normalized spacial score (nSPS) is 17.5. The zero-order chi connectivity index (χ0) is 18.1. The standard InChI is InChI=1S/C21H24N4S/c1-14-11-18-19(12-15(14)2)24-20(23-18)16-7-6-10-25(13-16)21(26)22-17-8-4-3-5-9-17/h3-5,8-9,11-12,16H,6-7,10,13H2,1-2H3,(H,22,26)(H,23,24)/t16-/m0/s1. The second kappa shape index (κ2) is 7.08. The van der Waals surface area contributed by atoms with Crippen LogP contribution >= 0.6 is 12.2 Å². The summed E-state index contributed by atoms with van der Waals surface area (Å²) in [5.74, 6) is 1.46. The van der Waals surface area contributed by atoms with Gasteiger partial charge in [0, 0.05) is 24.7 Å². The Morgan fingerprint density at radius 1 is 1.19 bits per heavy atom. The highest BCUT2D eigenvalue weighted by Gasteiger charge is 2.25. The molecule has 0 amide bonds. The number of hydrogen-bond donors (Lipinski definition) is 2. The summed E-state index contributed by atoms with van der Waals surface area (Å²) in [5, 5.41) is 4.15. The summed E-state index contributed by atoms with van der Waals surface area (Å²) in [5.41, 5.74) is 5.81. The number of piperidine rings is 1. The molecule has 1 atom stereocenters. The minimum atomic E-state index is 0.382. The van der Waals surface area contributed by atoms with E-state index in [2.05, 4.69) is 41.2 Å². The van der Waals surface area contributed by atoms with E-state index >= 15 is 0 Å². The Morgan fingerprint density at radius 3 is 2.77 bits per heavy atom. The fourth-order valence-corrected chi connectivity index (χ4v) is 3.88. The number of aromatic nitrogens is 2. The lowest BCUT2D eigenvalue weighted by molar-refractivity contribution is 0.307.